The fraction of sp³-hybridized carbons (Fsp3) is 0.235. The fourth-order valence-electron chi connectivity index (χ4n) is 1.95. The zero-order chi connectivity index (χ0) is 18.2. The molecule has 2 rings (SSSR count). The van der Waals surface area contributed by atoms with E-state index in [2.05, 4.69) is 10.9 Å². The number of nitrogens with one attached hydrogen (secondary N) is 2. The molecule has 1 aromatic heterocycles. The summed E-state index contributed by atoms with van der Waals surface area (Å²) >= 11 is 0. The van der Waals surface area contributed by atoms with Crippen LogP contribution in [-0.4, -0.2) is 22.5 Å². The summed E-state index contributed by atoms with van der Waals surface area (Å²) in [6, 6.07) is 10.4. The Hall–Kier alpha value is -3.16. The molecule has 0 aliphatic heterocycles. The number of nitrogens with zero attached hydrogens (tertiary/aromatic N) is 1. The van der Waals surface area contributed by atoms with Gasteiger partial charge in [0.15, 0.2) is 17.7 Å². The molecule has 0 spiro atoms. The molecule has 2 aromatic rings. The highest BCUT2D eigenvalue weighted by Gasteiger charge is 2.17. The van der Waals surface area contributed by atoms with Crippen molar-refractivity contribution in [2.24, 2.45) is 0 Å². The minimum atomic E-state index is -1.01. The molecule has 0 radical (unpaired) electrons. The van der Waals surface area contributed by atoms with Crippen LogP contribution in [0.3, 0.4) is 0 Å². The van der Waals surface area contributed by atoms with Crippen LogP contribution in [0.1, 0.15) is 13.3 Å². The number of hydrogen-bond donors (Lipinski definition) is 2. The van der Waals surface area contributed by atoms with Crippen molar-refractivity contribution in [3.63, 3.8) is 0 Å². The van der Waals surface area contributed by atoms with E-state index >= 15 is 0 Å². The number of aromatic nitrogens is 1. The molecule has 0 fully saturated rings. The number of aryl methyl sites for hydroxylation is 1. The number of ether oxygens (including phenoxy) is 1. The summed E-state index contributed by atoms with van der Waals surface area (Å²) in [5, 5.41) is 0. The molecule has 1 heterocycles. The van der Waals surface area contributed by atoms with Crippen LogP contribution < -0.4 is 21.1 Å². The summed E-state index contributed by atoms with van der Waals surface area (Å²) in [7, 11) is 0. The van der Waals surface area contributed by atoms with Gasteiger partial charge in [-0.2, -0.15) is 0 Å². The van der Waals surface area contributed by atoms with Crippen LogP contribution in [0, 0.1) is 5.82 Å². The first-order chi connectivity index (χ1) is 12.0. The standard InChI is InChI=1S/C17H18FN3O4/c1-12(25-14-7-3-2-6-13(14)18)17(24)20-19-15(22)9-11-21-10-5-4-8-16(21)23/h2-8,10,12H,9,11H2,1H3,(H,19,22)(H,20,24). The Labute approximate surface area is 143 Å². The maximum absolute atomic E-state index is 13.5. The van der Waals surface area contributed by atoms with Crippen molar-refractivity contribution < 1.29 is 18.7 Å². The van der Waals surface area contributed by atoms with Crippen molar-refractivity contribution in [3.8, 4) is 5.75 Å². The molecule has 2 N–H and O–H groups in total. The van der Waals surface area contributed by atoms with Crippen LogP contribution in [0.15, 0.2) is 53.5 Å². The lowest BCUT2D eigenvalue weighted by molar-refractivity contribution is -0.132. The van der Waals surface area contributed by atoms with Gasteiger partial charge < -0.3 is 9.30 Å². The highest BCUT2D eigenvalue weighted by atomic mass is 19.1. The van der Waals surface area contributed by atoms with Gasteiger partial charge in [0.1, 0.15) is 0 Å². The first-order valence-electron chi connectivity index (χ1n) is 7.62. The van der Waals surface area contributed by atoms with E-state index in [1.165, 1.54) is 35.8 Å². The lowest BCUT2D eigenvalue weighted by atomic mass is 10.3. The van der Waals surface area contributed by atoms with E-state index in [1.54, 1.807) is 24.4 Å². The summed E-state index contributed by atoms with van der Waals surface area (Å²) in [4.78, 5) is 35.1. The van der Waals surface area contributed by atoms with Crippen LogP contribution >= 0.6 is 0 Å². The van der Waals surface area contributed by atoms with E-state index < -0.39 is 23.7 Å². The van der Waals surface area contributed by atoms with Crippen molar-refractivity contribution >= 4 is 11.8 Å². The van der Waals surface area contributed by atoms with Gasteiger partial charge in [-0.1, -0.05) is 18.2 Å². The average Bonchev–Trinajstić information content (AvgIpc) is 2.60. The molecule has 0 saturated heterocycles. The second kappa shape index (κ2) is 8.62. The number of hydrazine groups is 1. The Kier molecular flexibility index (Phi) is 6.27. The molecular formula is C17H18FN3O4. The summed E-state index contributed by atoms with van der Waals surface area (Å²) in [6.45, 7) is 1.61. The SMILES string of the molecule is CC(Oc1ccccc1F)C(=O)NNC(=O)CCn1ccccc1=O. The number of hydrogen-bond acceptors (Lipinski definition) is 4. The van der Waals surface area contributed by atoms with Crippen molar-refractivity contribution in [3.05, 3.63) is 64.8 Å². The summed E-state index contributed by atoms with van der Waals surface area (Å²) in [6.07, 6.45) is 0.569. The largest absolute Gasteiger partial charge is 0.478 e. The zero-order valence-electron chi connectivity index (χ0n) is 13.6. The molecule has 0 aliphatic carbocycles. The molecule has 1 aromatic carbocycles. The van der Waals surface area contributed by atoms with Crippen LogP contribution in [-0.2, 0) is 16.1 Å². The topological polar surface area (TPSA) is 89.4 Å². The summed E-state index contributed by atoms with van der Waals surface area (Å²) in [5.41, 5.74) is 4.21. The van der Waals surface area contributed by atoms with Gasteiger partial charge in [0.05, 0.1) is 0 Å². The Morgan fingerprint density at radius 2 is 1.88 bits per heavy atom. The monoisotopic (exact) mass is 347 g/mol. The molecule has 1 atom stereocenters. The molecule has 0 aliphatic rings. The number of para-hydroxylation sites is 1. The number of benzene rings is 1. The van der Waals surface area contributed by atoms with Gasteiger partial charge in [0.25, 0.3) is 11.5 Å². The lowest BCUT2D eigenvalue weighted by Crippen LogP contribution is -2.47. The fourth-order valence-corrected chi connectivity index (χ4v) is 1.95. The van der Waals surface area contributed by atoms with E-state index in [4.69, 9.17) is 4.74 Å². The normalized spacial score (nSPS) is 11.4. The molecule has 0 saturated carbocycles. The molecule has 132 valence electrons. The minimum Gasteiger partial charge on any atom is -0.478 e. The van der Waals surface area contributed by atoms with E-state index in [0.29, 0.717) is 0 Å². The smallest absolute Gasteiger partial charge is 0.279 e. The van der Waals surface area contributed by atoms with Crippen molar-refractivity contribution in [2.75, 3.05) is 0 Å². The molecule has 8 heteroatoms. The van der Waals surface area contributed by atoms with Gasteiger partial charge in [-0.3, -0.25) is 25.2 Å². The van der Waals surface area contributed by atoms with Gasteiger partial charge in [0, 0.05) is 25.2 Å². The maximum Gasteiger partial charge on any atom is 0.279 e. The van der Waals surface area contributed by atoms with Gasteiger partial charge in [-0.25, -0.2) is 4.39 Å². The molecule has 7 nitrogen and oxygen atoms in total. The lowest BCUT2D eigenvalue weighted by Gasteiger charge is -2.15. The summed E-state index contributed by atoms with van der Waals surface area (Å²) in [5.74, 6) is -1.74. The van der Waals surface area contributed by atoms with Crippen LogP contribution in [0.4, 0.5) is 4.39 Å². The van der Waals surface area contributed by atoms with Crippen molar-refractivity contribution in [2.45, 2.75) is 26.0 Å². The second-order valence-electron chi connectivity index (χ2n) is 5.21. The number of carbonyl (C=O) groups is 2. The van der Waals surface area contributed by atoms with Crippen LogP contribution in [0.5, 0.6) is 5.75 Å². The first-order valence-corrected chi connectivity index (χ1v) is 7.62. The van der Waals surface area contributed by atoms with E-state index in [9.17, 15) is 18.8 Å². The van der Waals surface area contributed by atoms with Crippen LogP contribution in [0.2, 0.25) is 0 Å². The Morgan fingerprint density at radius 3 is 2.60 bits per heavy atom. The Balaban J connectivity index is 1.77. The third kappa shape index (κ3) is 5.45. The van der Waals surface area contributed by atoms with Gasteiger partial charge >= 0.3 is 0 Å². The Bertz CT molecular complexity index is 806. The van der Waals surface area contributed by atoms with Gasteiger partial charge in [0.2, 0.25) is 5.91 Å². The van der Waals surface area contributed by atoms with E-state index in [0.717, 1.165) is 0 Å². The molecular weight excluding hydrogens is 329 g/mol. The second-order valence-corrected chi connectivity index (χ2v) is 5.21. The number of rotatable bonds is 6. The number of pyridine rings is 1. The zero-order valence-corrected chi connectivity index (χ0v) is 13.6. The predicted octanol–water partition coefficient (Wildman–Crippen LogP) is 0.992. The number of halogens is 1. The number of amides is 2. The molecule has 0 bridgehead atoms. The average molecular weight is 347 g/mol. The van der Waals surface area contributed by atoms with Crippen molar-refractivity contribution in [1.29, 1.82) is 0 Å². The number of carbonyl (C=O) groups excluding carboxylic acids is 2. The third-order valence-corrected chi connectivity index (χ3v) is 3.31. The first kappa shape index (κ1) is 18.2. The Morgan fingerprint density at radius 1 is 1.16 bits per heavy atom. The summed E-state index contributed by atoms with van der Waals surface area (Å²) < 4.78 is 20.0. The molecule has 25 heavy (non-hydrogen) atoms. The van der Waals surface area contributed by atoms with Gasteiger partial charge in [-0.05, 0) is 25.1 Å². The van der Waals surface area contributed by atoms with Crippen LogP contribution in [0.25, 0.3) is 0 Å². The van der Waals surface area contributed by atoms with E-state index in [1.807, 2.05) is 0 Å². The predicted molar refractivity (Wildman–Crippen MR) is 88.1 cm³/mol. The molecule has 2 amide bonds. The molecule has 1 unspecified atom stereocenters. The van der Waals surface area contributed by atoms with E-state index in [-0.39, 0.29) is 24.3 Å². The minimum absolute atomic E-state index is 0.00670. The third-order valence-electron chi connectivity index (χ3n) is 3.31. The van der Waals surface area contributed by atoms with Crippen molar-refractivity contribution in [1.82, 2.24) is 15.4 Å². The highest BCUT2D eigenvalue weighted by molar-refractivity contribution is 5.84. The maximum atomic E-state index is 13.5. The highest BCUT2D eigenvalue weighted by Crippen LogP contribution is 2.16. The quantitative estimate of drug-likeness (QED) is 0.763. The van der Waals surface area contributed by atoms with Gasteiger partial charge in [-0.15, -0.1) is 0 Å².